The Kier molecular flexibility index (Phi) is 8.09. The molecule has 162 valence electrons. The van der Waals surface area contributed by atoms with Gasteiger partial charge in [0, 0.05) is 26.4 Å². The van der Waals surface area contributed by atoms with Gasteiger partial charge < -0.3 is 35.3 Å². The van der Waals surface area contributed by atoms with Crippen LogP contribution >= 0.6 is 0 Å². The summed E-state index contributed by atoms with van der Waals surface area (Å²) in [5.41, 5.74) is 6.44. The van der Waals surface area contributed by atoms with Crippen LogP contribution in [0.25, 0.3) is 11.2 Å². The van der Waals surface area contributed by atoms with Crippen molar-refractivity contribution in [3.05, 3.63) is 12.7 Å². The smallest absolute Gasteiger partial charge is 0.167 e. The number of imidazole rings is 1. The van der Waals surface area contributed by atoms with E-state index < -0.39 is 31.1 Å². The lowest BCUT2D eigenvalue weighted by Crippen LogP contribution is -2.33. The van der Waals surface area contributed by atoms with Gasteiger partial charge in [0.2, 0.25) is 0 Å². The molecule has 0 spiro atoms. The van der Waals surface area contributed by atoms with Gasteiger partial charge in [0.15, 0.2) is 17.7 Å². The maximum atomic E-state index is 9.95. The Morgan fingerprint density at radius 3 is 2.07 bits per heavy atom. The zero-order valence-corrected chi connectivity index (χ0v) is 16.3. The molecule has 2 aromatic heterocycles. The molecule has 0 bridgehead atoms. The summed E-state index contributed by atoms with van der Waals surface area (Å²) < 4.78 is 16.7. The standard InChI is InChI=1S/C10H13N5O4.2C4H8O/c11-8-5-9(13-2-12-8)15(3-14-5)10-7(18)6(17)4(1-16)19-10;2*1-2-4-5-3-1/h2-4,6-7,10,16-18H,1H2,(H2,11,12,13);2*1-4H2/t4-,6-,7-,10-;;/m1../s1. The van der Waals surface area contributed by atoms with Crippen molar-refractivity contribution in [1.29, 1.82) is 0 Å². The predicted octanol–water partition coefficient (Wildman–Crippen LogP) is -0.386. The Morgan fingerprint density at radius 2 is 1.59 bits per heavy atom. The molecular formula is C18H29N5O6. The maximum Gasteiger partial charge on any atom is 0.167 e. The molecule has 0 radical (unpaired) electrons. The topological polar surface area (TPSA) is 158 Å². The van der Waals surface area contributed by atoms with E-state index in [1.807, 2.05) is 0 Å². The predicted molar refractivity (Wildman–Crippen MR) is 103 cm³/mol. The number of hydrogen-bond donors (Lipinski definition) is 4. The molecule has 3 saturated heterocycles. The number of nitrogens with zero attached hydrogens (tertiary/aromatic N) is 4. The second kappa shape index (κ2) is 10.8. The van der Waals surface area contributed by atoms with E-state index in [9.17, 15) is 10.2 Å². The fourth-order valence-corrected chi connectivity index (χ4v) is 3.19. The third-order valence-electron chi connectivity index (χ3n) is 4.83. The van der Waals surface area contributed by atoms with Crippen molar-refractivity contribution in [2.24, 2.45) is 0 Å². The number of hydrogen-bond acceptors (Lipinski definition) is 10. The van der Waals surface area contributed by atoms with Gasteiger partial charge in [-0.25, -0.2) is 15.0 Å². The molecule has 5 heterocycles. The Morgan fingerprint density at radius 1 is 0.966 bits per heavy atom. The van der Waals surface area contributed by atoms with Crippen LogP contribution in [-0.4, -0.2) is 86.2 Å². The Labute approximate surface area is 168 Å². The lowest BCUT2D eigenvalue weighted by molar-refractivity contribution is -0.0511. The van der Waals surface area contributed by atoms with E-state index in [2.05, 4.69) is 15.0 Å². The summed E-state index contributed by atoms with van der Waals surface area (Å²) >= 11 is 0. The van der Waals surface area contributed by atoms with E-state index in [0.29, 0.717) is 11.2 Å². The first kappa shape index (κ1) is 21.8. The minimum absolute atomic E-state index is 0.218. The maximum absolute atomic E-state index is 9.95. The van der Waals surface area contributed by atoms with Gasteiger partial charge in [-0.2, -0.15) is 0 Å². The van der Waals surface area contributed by atoms with Crippen molar-refractivity contribution in [2.45, 2.75) is 50.2 Å². The minimum Gasteiger partial charge on any atom is -0.394 e. The van der Waals surface area contributed by atoms with Crippen molar-refractivity contribution in [1.82, 2.24) is 19.5 Å². The van der Waals surface area contributed by atoms with Gasteiger partial charge in [0.05, 0.1) is 12.9 Å². The van der Waals surface area contributed by atoms with Gasteiger partial charge in [0.1, 0.15) is 30.2 Å². The van der Waals surface area contributed by atoms with Crippen molar-refractivity contribution in [3.63, 3.8) is 0 Å². The van der Waals surface area contributed by atoms with E-state index in [1.165, 1.54) is 42.9 Å². The number of rotatable bonds is 2. The summed E-state index contributed by atoms with van der Waals surface area (Å²) in [7, 11) is 0. The van der Waals surface area contributed by atoms with Crippen LogP contribution in [0.1, 0.15) is 31.9 Å². The van der Waals surface area contributed by atoms with E-state index in [-0.39, 0.29) is 5.82 Å². The van der Waals surface area contributed by atoms with Crippen LogP contribution in [0.4, 0.5) is 5.82 Å². The SMILES string of the molecule is C1CCOC1.C1CCOC1.Nc1ncnc2c1ncn2[C@@H]1O[C@H](CO)[C@@H](O)[C@H]1O. The average molecular weight is 411 g/mol. The molecule has 0 unspecified atom stereocenters. The lowest BCUT2D eigenvalue weighted by Gasteiger charge is -2.16. The summed E-state index contributed by atoms with van der Waals surface area (Å²) in [6, 6.07) is 0. The molecule has 0 saturated carbocycles. The number of aliphatic hydroxyl groups is 3. The average Bonchev–Trinajstić information content (AvgIpc) is 3.54. The molecular weight excluding hydrogens is 382 g/mol. The van der Waals surface area contributed by atoms with Crippen LogP contribution in [0.2, 0.25) is 0 Å². The highest BCUT2D eigenvalue weighted by Crippen LogP contribution is 2.31. The lowest BCUT2D eigenvalue weighted by atomic mass is 10.1. The number of nitrogen functional groups attached to an aromatic ring is 1. The molecule has 0 amide bonds. The van der Waals surface area contributed by atoms with Crippen molar-refractivity contribution in [3.8, 4) is 0 Å². The fourth-order valence-electron chi connectivity index (χ4n) is 3.19. The third-order valence-corrected chi connectivity index (χ3v) is 4.83. The molecule has 5 rings (SSSR count). The number of aromatic nitrogens is 4. The molecule has 2 aromatic rings. The van der Waals surface area contributed by atoms with Gasteiger partial charge in [-0.3, -0.25) is 4.57 Å². The van der Waals surface area contributed by atoms with Crippen LogP contribution < -0.4 is 5.73 Å². The van der Waals surface area contributed by atoms with E-state index in [1.54, 1.807) is 0 Å². The van der Waals surface area contributed by atoms with Gasteiger partial charge in [-0.15, -0.1) is 0 Å². The Balaban J connectivity index is 0.000000195. The van der Waals surface area contributed by atoms with Crippen LogP contribution in [0.15, 0.2) is 12.7 Å². The van der Waals surface area contributed by atoms with Crippen LogP contribution in [0, 0.1) is 0 Å². The number of aliphatic hydroxyl groups excluding tert-OH is 3. The van der Waals surface area contributed by atoms with Crippen molar-refractivity contribution < 1.29 is 29.5 Å². The van der Waals surface area contributed by atoms with Crippen LogP contribution in [-0.2, 0) is 14.2 Å². The zero-order chi connectivity index (χ0) is 20.6. The van der Waals surface area contributed by atoms with E-state index in [4.69, 9.17) is 25.1 Å². The second-order valence-electron chi connectivity index (χ2n) is 6.95. The number of fused-ring (bicyclic) bond motifs is 1. The van der Waals surface area contributed by atoms with Crippen molar-refractivity contribution in [2.75, 3.05) is 38.8 Å². The highest BCUT2D eigenvalue weighted by Gasteiger charge is 2.43. The highest BCUT2D eigenvalue weighted by atomic mass is 16.6. The molecule has 11 nitrogen and oxygen atoms in total. The third kappa shape index (κ3) is 5.38. The molecule has 5 N–H and O–H groups in total. The summed E-state index contributed by atoms with van der Waals surface area (Å²) in [5, 5.41) is 28.7. The fraction of sp³-hybridized carbons (Fsp3) is 0.722. The molecule has 29 heavy (non-hydrogen) atoms. The summed E-state index contributed by atoms with van der Waals surface area (Å²) in [6.45, 7) is 3.61. The van der Waals surface area contributed by atoms with E-state index >= 15 is 0 Å². The molecule has 3 aliphatic heterocycles. The normalized spacial score (nSPS) is 28.7. The second-order valence-corrected chi connectivity index (χ2v) is 6.95. The molecule has 3 fully saturated rings. The zero-order valence-electron chi connectivity index (χ0n) is 16.3. The first-order chi connectivity index (χ1) is 14.1. The number of ether oxygens (including phenoxy) is 3. The first-order valence-electron chi connectivity index (χ1n) is 9.84. The van der Waals surface area contributed by atoms with E-state index in [0.717, 1.165) is 26.4 Å². The monoisotopic (exact) mass is 411 g/mol. The number of anilines is 1. The van der Waals surface area contributed by atoms with Crippen molar-refractivity contribution >= 4 is 17.0 Å². The van der Waals surface area contributed by atoms with Gasteiger partial charge in [-0.05, 0) is 25.7 Å². The molecule has 11 heteroatoms. The molecule has 0 aliphatic carbocycles. The first-order valence-corrected chi connectivity index (χ1v) is 9.84. The minimum atomic E-state index is -1.19. The molecule has 3 aliphatic rings. The highest BCUT2D eigenvalue weighted by molar-refractivity contribution is 5.81. The van der Waals surface area contributed by atoms with Gasteiger partial charge >= 0.3 is 0 Å². The van der Waals surface area contributed by atoms with Crippen LogP contribution in [0.5, 0.6) is 0 Å². The summed E-state index contributed by atoms with van der Waals surface area (Å²) in [6.07, 6.45) is 3.69. The summed E-state index contributed by atoms with van der Waals surface area (Å²) in [5.74, 6) is 0.218. The molecule has 4 atom stereocenters. The largest absolute Gasteiger partial charge is 0.394 e. The Hall–Kier alpha value is -1.89. The summed E-state index contributed by atoms with van der Waals surface area (Å²) in [4.78, 5) is 11.9. The number of nitrogens with two attached hydrogens (primary N) is 1. The van der Waals surface area contributed by atoms with Gasteiger partial charge in [0.25, 0.3) is 0 Å². The quantitative estimate of drug-likeness (QED) is 0.513. The Bertz CT molecular complexity index is 726. The van der Waals surface area contributed by atoms with Crippen LogP contribution in [0.3, 0.4) is 0 Å². The molecule has 0 aromatic carbocycles. The van der Waals surface area contributed by atoms with Gasteiger partial charge in [-0.1, -0.05) is 0 Å².